The van der Waals surface area contributed by atoms with Crippen LogP contribution < -0.4 is 15.2 Å². The van der Waals surface area contributed by atoms with Gasteiger partial charge >= 0.3 is 0 Å². The van der Waals surface area contributed by atoms with Crippen LogP contribution in [-0.4, -0.2) is 18.3 Å². The molecule has 0 bridgehead atoms. The van der Waals surface area contributed by atoms with Crippen LogP contribution in [0.1, 0.15) is 18.1 Å². The molecule has 0 fully saturated rings. The Morgan fingerprint density at radius 2 is 1.71 bits per heavy atom. The second-order valence-corrected chi connectivity index (χ2v) is 5.12. The fourth-order valence-corrected chi connectivity index (χ4v) is 2.08. The fourth-order valence-electron chi connectivity index (χ4n) is 2.08. The average Bonchev–Trinajstić information content (AvgIpc) is 2.47. The van der Waals surface area contributed by atoms with Gasteiger partial charge in [-0.2, -0.15) is 0 Å². The minimum atomic E-state index is 0.110. The van der Waals surface area contributed by atoms with Crippen molar-refractivity contribution < 1.29 is 14.6 Å². The summed E-state index contributed by atoms with van der Waals surface area (Å²) in [5, 5.41) is 9.26. The van der Waals surface area contributed by atoms with Gasteiger partial charge < -0.3 is 20.3 Å². The van der Waals surface area contributed by atoms with Gasteiger partial charge in [-0.25, -0.2) is 0 Å². The Hall–Kier alpha value is -2.20. The van der Waals surface area contributed by atoms with Crippen molar-refractivity contribution in [3.63, 3.8) is 0 Å². The third-order valence-corrected chi connectivity index (χ3v) is 3.12. The molecule has 0 aliphatic heterocycles. The predicted molar refractivity (Wildman–Crippen MR) is 82.8 cm³/mol. The van der Waals surface area contributed by atoms with Crippen LogP contribution in [0, 0.1) is 0 Å². The number of rotatable bonds is 6. The summed E-state index contributed by atoms with van der Waals surface area (Å²) in [6, 6.07) is 12.9. The Morgan fingerprint density at radius 1 is 1.05 bits per heavy atom. The van der Waals surface area contributed by atoms with Crippen LogP contribution in [0.5, 0.6) is 17.2 Å². The maximum absolute atomic E-state index is 9.26. The Bertz CT molecular complexity index is 579. The number of phenols is 1. The number of hydrogen-bond donors (Lipinski definition) is 2. The molecule has 112 valence electrons. The number of hydrogen-bond acceptors (Lipinski definition) is 4. The van der Waals surface area contributed by atoms with Crippen molar-refractivity contribution in [1.29, 1.82) is 0 Å². The van der Waals surface area contributed by atoms with Crippen LogP contribution >= 0.6 is 0 Å². The molecule has 1 unspecified atom stereocenters. The van der Waals surface area contributed by atoms with E-state index in [0.717, 1.165) is 17.5 Å². The van der Waals surface area contributed by atoms with Crippen LogP contribution in [0.25, 0.3) is 0 Å². The molecule has 0 aliphatic rings. The van der Waals surface area contributed by atoms with E-state index in [4.69, 9.17) is 15.2 Å². The van der Waals surface area contributed by atoms with Gasteiger partial charge in [0, 0.05) is 6.04 Å². The van der Waals surface area contributed by atoms with Gasteiger partial charge in [0.1, 0.15) is 12.4 Å². The lowest BCUT2D eigenvalue weighted by Gasteiger charge is -2.13. The summed E-state index contributed by atoms with van der Waals surface area (Å²) in [5.41, 5.74) is 7.91. The molecule has 2 aromatic rings. The smallest absolute Gasteiger partial charge is 0.161 e. The lowest BCUT2D eigenvalue weighted by molar-refractivity contribution is 0.284. The predicted octanol–water partition coefficient (Wildman–Crippen LogP) is 2.87. The molecule has 0 heterocycles. The molecule has 4 nitrogen and oxygen atoms in total. The Balaban J connectivity index is 2.07. The lowest BCUT2D eigenvalue weighted by atomic mass is 10.1. The third kappa shape index (κ3) is 4.39. The number of benzene rings is 2. The van der Waals surface area contributed by atoms with E-state index in [2.05, 4.69) is 0 Å². The van der Waals surface area contributed by atoms with E-state index in [1.54, 1.807) is 19.2 Å². The summed E-state index contributed by atoms with van der Waals surface area (Å²) in [7, 11) is 1.62. The first-order chi connectivity index (χ1) is 10.1. The first-order valence-corrected chi connectivity index (χ1v) is 6.91. The lowest BCUT2D eigenvalue weighted by Crippen LogP contribution is -2.17. The number of nitrogens with two attached hydrogens (primary N) is 1. The highest BCUT2D eigenvalue weighted by Crippen LogP contribution is 2.29. The van der Waals surface area contributed by atoms with Crippen molar-refractivity contribution in [2.24, 2.45) is 5.73 Å². The van der Waals surface area contributed by atoms with Crippen molar-refractivity contribution in [2.45, 2.75) is 26.0 Å². The second-order valence-electron chi connectivity index (χ2n) is 5.12. The van der Waals surface area contributed by atoms with Crippen molar-refractivity contribution in [3.05, 3.63) is 53.6 Å². The van der Waals surface area contributed by atoms with Gasteiger partial charge in [0.2, 0.25) is 0 Å². The zero-order chi connectivity index (χ0) is 15.2. The third-order valence-electron chi connectivity index (χ3n) is 3.12. The van der Waals surface area contributed by atoms with E-state index in [9.17, 15) is 5.11 Å². The fraction of sp³-hybridized carbons (Fsp3) is 0.294. The van der Waals surface area contributed by atoms with Crippen molar-refractivity contribution in [2.75, 3.05) is 7.11 Å². The van der Waals surface area contributed by atoms with Crippen LogP contribution in [0.3, 0.4) is 0 Å². The van der Waals surface area contributed by atoms with E-state index < -0.39 is 0 Å². The molecule has 3 N–H and O–H groups in total. The van der Waals surface area contributed by atoms with E-state index in [-0.39, 0.29) is 11.8 Å². The molecular formula is C17H21NO3. The van der Waals surface area contributed by atoms with E-state index >= 15 is 0 Å². The van der Waals surface area contributed by atoms with Gasteiger partial charge in [0.15, 0.2) is 11.5 Å². The van der Waals surface area contributed by atoms with Gasteiger partial charge in [-0.1, -0.05) is 18.2 Å². The largest absolute Gasteiger partial charge is 0.508 e. The summed E-state index contributed by atoms with van der Waals surface area (Å²) in [4.78, 5) is 0. The zero-order valence-corrected chi connectivity index (χ0v) is 12.4. The topological polar surface area (TPSA) is 64.7 Å². The van der Waals surface area contributed by atoms with E-state index in [0.29, 0.717) is 18.1 Å². The number of methoxy groups -OCH3 is 1. The van der Waals surface area contributed by atoms with Crippen LogP contribution in [0.4, 0.5) is 0 Å². The van der Waals surface area contributed by atoms with Gasteiger partial charge in [0.25, 0.3) is 0 Å². The normalized spacial score (nSPS) is 12.0. The molecule has 0 saturated heterocycles. The molecule has 4 heteroatoms. The van der Waals surface area contributed by atoms with Gasteiger partial charge in [0.05, 0.1) is 7.11 Å². The van der Waals surface area contributed by atoms with Crippen molar-refractivity contribution in [3.8, 4) is 17.2 Å². The molecule has 1 atom stereocenters. The van der Waals surface area contributed by atoms with Crippen LogP contribution in [0.15, 0.2) is 42.5 Å². The summed E-state index contributed by atoms with van der Waals surface area (Å²) in [5.74, 6) is 1.64. The van der Waals surface area contributed by atoms with E-state index in [1.165, 1.54) is 0 Å². The molecular weight excluding hydrogens is 266 g/mol. The first kappa shape index (κ1) is 15.2. The standard InChI is InChI=1S/C17H21NO3/c1-12(18)9-14-5-8-16(17(10-14)20-2)21-11-13-3-6-15(19)7-4-13/h3-8,10,12,19H,9,11,18H2,1-2H3. The molecule has 0 amide bonds. The summed E-state index contributed by atoms with van der Waals surface area (Å²) in [6.45, 7) is 2.39. The highest BCUT2D eigenvalue weighted by Gasteiger charge is 2.07. The molecule has 0 aromatic heterocycles. The molecule has 2 aromatic carbocycles. The summed E-state index contributed by atoms with van der Waals surface area (Å²) in [6.07, 6.45) is 0.800. The van der Waals surface area contributed by atoms with E-state index in [1.807, 2.05) is 37.3 Å². The molecule has 0 aliphatic carbocycles. The first-order valence-electron chi connectivity index (χ1n) is 6.91. The zero-order valence-electron chi connectivity index (χ0n) is 12.4. The van der Waals surface area contributed by atoms with Crippen LogP contribution in [0.2, 0.25) is 0 Å². The van der Waals surface area contributed by atoms with Gasteiger partial charge in [-0.05, 0) is 48.7 Å². The Labute approximate surface area is 125 Å². The van der Waals surface area contributed by atoms with Crippen molar-refractivity contribution in [1.82, 2.24) is 0 Å². The average molecular weight is 287 g/mol. The number of aromatic hydroxyl groups is 1. The minimum absolute atomic E-state index is 0.110. The number of phenolic OH excluding ortho intramolecular Hbond substituents is 1. The summed E-state index contributed by atoms with van der Waals surface area (Å²) < 4.78 is 11.1. The Morgan fingerprint density at radius 3 is 2.33 bits per heavy atom. The highest BCUT2D eigenvalue weighted by atomic mass is 16.5. The van der Waals surface area contributed by atoms with Gasteiger partial charge in [-0.3, -0.25) is 0 Å². The maximum Gasteiger partial charge on any atom is 0.161 e. The van der Waals surface area contributed by atoms with Crippen molar-refractivity contribution >= 4 is 0 Å². The summed E-state index contributed by atoms with van der Waals surface area (Å²) >= 11 is 0. The number of ether oxygens (including phenoxy) is 2. The highest BCUT2D eigenvalue weighted by molar-refractivity contribution is 5.43. The van der Waals surface area contributed by atoms with Crippen LogP contribution in [-0.2, 0) is 13.0 Å². The molecule has 0 radical (unpaired) electrons. The molecule has 21 heavy (non-hydrogen) atoms. The molecule has 2 rings (SSSR count). The second kappa shape index (κ2) is 6.99. The quantitative estimate of drug-likeness (QED) is 0.857. The SMILES string of the molecule is COc1cc(CC(C)N)ccc1OCc1ccc(O)cc1. The monoisotopic (exact) mass is 287 g/mol. The maximum atomic E-state index is 9.26. The minimum Gasteiger partial charge on any atom is -0.508 e. The van der Waals surface area contributed by atoms with Gasteiger partial charge in [-0.15, -0.1) is 0 Å². The Kier molecular flexibility index (Phi) is 5.06. The molecule has 0 saturated carbocycles. The molecule has 0 spiro atoms.